The molecule has 0 bridgehead atoms. The lowest BCUT2D eigenvalue weighted by atomic mass is 10.2. The van der Waals surface area contributed by atoms with Gasteiger partial charge in [0.15, 0.2) is 0 Å². The van der Waals surface area contributed by atoms with Gasteiger partial charge in [-0.15, -0.1) is 0 Å². The molecule has 1 rings (SSSR count). The molecule has 0 aliphatic carbocycles. The number of thiol groups is 1. The van der Waals surface area contributed by atoms with Crippen molar-refractivity contribution < 1.29 is 13.8 Å². The minimum absolute atomic E-state index is 0.0792. The number of para-hydroxylation sites is 1. The molecule has 0 fully saturated rings. The van der Waals surface area contributed by atoms with E-state index in [2.05, 4.69) is 17.9 Å². The molecule has 1 unspecified atom stereocenters. The van der Waals surface area contributed by atoms with Gasteiger partial charge in [0.2, 0.25) is 0 Å². The Kier molecular flexibility index (Phi) is 4.77. The highest BCUT2D eigenvalue weighted by Crippen LogP contribution is 2.27. The molecule has 1 aromatic rings. The zero-order chi connectivity index (χ0) is 11.3. The normalized spacial score (nSPS) is 12.1. The maximum atomic E-state index is 12.5. The smallest absolute Gasteiger partial charge is 0.326 e. The summed E-state index contributed by atoms with van der Waals surface area (Å²) in [6, 6.07) is 5.77. The molecule has 3 nitrogen and oxygen atoms in total. The van der Waals surface area contributed by atoms with Crippen LogP contribution in [0.25, 0.3) is 0 Å². The van der Waals surface area contributed by atoms with Crippen molar-refractivity contribution in [2.45, 2.75) is 10.9 Å². The van der Waals surface area contributed by atoms with Crippen molar-refractivity contribution in [1.29, 1.82) is 0 Å². The molecule has 0 spiro atoms. The van der Waals surface area contributed by atoms with Crippen LogP contribution in [0.5, 0.6) is 0 Å². The number of carbonyl (C=O) groups is 1. The number of aliphatic carboxylic acids is 1. The summed E-state index contributed by atoms with van der Waals surface area (Å²) >= 11 is 3.98. The number of hydrogen-bond acceptors (Lipinski definition) is 4. The van der Waals surface area contributed by atoms with E-state index >= 15 is 0 Å². The van der Waals surface area contributed by atoms with E-state index < -0.39 is 12.0 Å². The van der Waals surface area contributed by atoms with Crippen LogP contribution in [0, 0.1) is 0 Å². The van der Waals surface area contributed by atoms with Gasteiger partial charge >= 0.3 is 5.97 Å². The fourth-order valence-electron chi connectivity index (χ4n) is 1.03. The number of carboxylic acid groups (broad SMARTS) is 1. The fourth-order valence-corrected chi connectivity index (χ4v) is 1.61. The van der Waals surface area contributed by atoms with Gasteiger partial charge in [-0.05, 0) is 12.1 Å². The molecule has 1 aromatic carbocycles. The maximum Gasteiger partial charge on any atom is 0.326 e. The van der Waals surface area contributed by atoms with Gasteiger partial charge < -0.3 is 10.4 Å². The Morgan fingerprint density at radius 2 is 2.27 bits per heavy atom. The Hall–Kier alpha value is -0.880. The number of rotatable bonds is 5. The van der Waals surface area contributed by atoms with Crippen molar-refractivity contribution in [3.63, 3.8) is 0 Å². The van der Waals surface area contributed by atoms with Crippen LogP contribution >= 0.6 is 24.8 Å². The second kappa shape index (κ2) is 5.87. The Morgan fingerprint density at radius 1 is 1.60 bits per heavy atom. The third-order valence-electron chi connectivity index (χ3n) is 1.78. The third-order valence-corrected chi connectivity index (χ3v) is 2.67. The van der Waals surface area contributed by atoms with Crippen molar-refractivity contribution in [2.75, 3.05) is 11.1 Å². The minimum Gasteiger partial charge on any atom is -0.480 e. The summed E-state index contributed by atoms with van der Waals surface area (Å²) in [6.07, 6.45) is 0. The summed E-state index contributed by atoms with van der Waals surface area (Å²) in [5, 5.41) is 11.5. The van der Waals surface area contributed by atoms with E-state index in [1.807, 2.05) is 0 Å². The number of halogens is 1. The van der Waals surface area contributed by atoms with Crippen LogP contribution < -0.4 is 5.32 Å². The van der Waals surface area contributed by atoms with Gasteiger partial charge in [0.1, 0.15) is 6.04 Å². The molecule has 15 heavy (non-hydrogen) atoms. The third kappa shape index (κ3) is 3.32. The van der Waals surface area contributed by atoms with Gasteiger partial charge in [0.25, 0.3) is 0 Å². The van der Waals surface area contributed by atoms with Crippen molar-refractivity contribution in [3.05, 3.63) is 24.3 Å². The molecule has 6 heteroatoms. The lowest BCUT2D eigenvalue weighted by Gasteiger charge is -2.14. The molecule has 2 N–H and O–H groups in total. The Labute approximate surface area is 96.8 Å². The van der Waals surface area contributed by atoms with Gasteiger partial charge in [0.05, 0.1) is 22.7 Å². The zero-order valence-corrected chi connectivity index (χ0v) is 9.39. The van der Waals surface area contributed by atoms with E-state index in [1.54, 1.807) is 24.3 Å². The van der Waals surface area contributed by atoms with E-state index in [-0.39, 0.29) is 17.9 Å². The summed E-state index contributed by atoms with van der Waals surface area (Å²) < 4.78 is 12.5. The summed E-state index contributed by atoms with van der Waals surface area (Å²) in [6.45, 7) is 0. The van der Waals surface area contributed by atoms with Crippen LogP contribution in [-0.2, 0) is 4.79 Å². The molecule has 0 amide bonds. The predicted molar refractivity (Wildman–Crippen MR) is 62.3 cm³/mol. The van der Waals surface area contributed by atoms with E-state index in [9.17, 15) is 8.68 Å². The maximum absolute atomic E-state index is 12.5. The molecule has 0 saturated carbocycles. The van der Waals surface area contributed by atoms with E-state index in [4.69, 9.17) is 5.11 Å². The first-order valence-electron chi connectivity index (χ1n) is 4.17. The molecular weight excluding hydrogens is 237 g/mol. The van der Waals surface area contributed by atoms with Crippen LogP contribution in [-0.4, -0.2) is 22.9 Å². The second-order valence-corrected chi connectivity index (χ2v) is 3.75. The van der Waals surface area contributed by atoms with Gasteiger partial charge in [-0.2, -0.15) is 16.5 Å². The van der Waals surface area contributed by atoms with Gasteiger partial charge in [-0.3, -0.25) is 0 Å². The summed E-state index contributed by atoms with van der Waals surface area (Å²) in [4.78, 5) is 11.1. The molecular formula is C9H10FNO2S2. The highest BCUT2D eigenvalue weighted by atomic mass is 32.2. The lowest BCUT2D eigenvalue weighted by molar-refractivity contribution is -0.137. The van der Waals surface area contributed by atoms with Crippen LogP contribution in [0.1, 0.15) is 0 Å². The van der Waals surface area contributed by atoms with Crippen molar-refractivity contribution in [3.8, 4) is 0 Å². The molecule has 0 aliphatic rings. The van der Waals surface area contributed by atoms with Crippen LogP contribution in [0.15, 0.2) is 29.2 Å². The van der Waals surface area contributed by atoms with Gasteiger partial charge in [0, 0.05) is 5.75 Å². The largest absolute Gasteiger partial charge is 0.480 e. The predicted octanol–water partition coefficient (Wildman–Crippen LogP) is 2.46. The first kappa shape index (κ1) is 12.2. The number of carboxylic acids is 1. The Morgan fingerprint density at radius 3 is 2.80 bits per heavy atom. The molecule has 82 valence electrons. The van der Waals surface area contributed by atoms with Crippen molar-refractivity contribution in [1.82, 2.24) is 0 Å². The first-order valence-corrected chi connectivity index (χ1v) is 5.51. The average molecular weight is 247 g/mol. The second-order valence-electron chi connectivity index (χ2n) is 2.79. The Balaban J connectivity index is 2.82. The molecule has 0 heterocycles. The topological polar surface area (TPSA) is 49.3 Å². The quantitative estimate of drug-likeness (QED) is 0.700. The zero-order valence-electron chi connectivity index (χ0n) is 7.68. The summed E-state index contributed by atoms with van der Waals surface area (Å²) in [7, 11) is 0. The summed E-state index contributed by atoms with van der Waals surface area (Å²) in [5.74, 6) is -0.871. The molecule has 1 atom stereocenters. The highest BCUT2D eigenvalue weighted by Gasteiger charge is 2.16. The van der Waals surface area contributed by atoms with Crippen LogP contribution in [0.4, 0.5) is 9.57 Å². The number of nitrogens with one attached hydrogen (secondary N) is 1. The molecule has 0 aliphatic heterocycles. The fraction of sp³-hybridized carbons (Fsp3) is 0.222. The van der Waals surface area contributed by atoms with Crippen molar-refractivity contribution >= 4 is 36.4 Å². The molecule has 0 aromatic heterocycles. The van der Waals surface area contributed by atoms with E-state index in [1.165, 1.54) is 0 Å². The average Bonchev–Trinajstić information content (AvgIpc) is 2.25. The monoisotopic (exact) mass is 247 g/mol. The van der Waals surface area contributed by atoms with Gasteiger partial charge in [-0.25, -0.2) is 4.79 Å². The lowest BCUT2D eigenvalue weighted by Crippen LogP contribution is -2.31. The standard InChI is InChI=1S/C9H10FNO2S2/c10-15-8-4-2-1-3-6(8)11-7(5-14)9(12)13/h1-4,7,11,14H,5H2,(H,12,13). The SMILES string of the molecule is O=C(O)C(CS)Nc1ccccc1SF. The number of anilines is 1. The number of benzene rings is 1. The minimum atomic E-state index is -1.01. The van der Waals surface area contributed by atoms with Crippen LogP contribution in [0.3, 0.4) is 0 Å². The van der Waals surface area contributed by atoms with Crippen LogP contribution in [0.2, 0.25) is 0 Å². The summed E-state index contributed by atoms with van der Waals surface area (Å²) in [5.41, 5.74) is 0.464. The Bertz CT molecular complexity index is 349. The number of hydrogen-bond donors (Lipinski definition) is 3. The first-order chi connectivity index (χ1) is 7.19. The van der Waals surface area contributed by atoms with Crippen molar-refractivity contribution in [2.24, 2.45) is 0 Å². The van der Waals surface area contributed by atoms with E-state index in [0.717, 1.165) is 0 Å². The molecule has 0 saturated heterocycles. The molecule has 0 radical (unpaired) electrons. The van der Waals surface area contributed by atoms with Gasteiger partial charge in [-0.1, -0.05) is 12.1 Å². The highest BCUT2D eigenvalue weighted by molar-refractivity contribution is 7.94. The van der Waals surface area contributed by atoms with E-state index in [0.29, 0.717) is 10.6 Å².